The predicted octanol–water partition coefficient (Wildman–Crippen LogP) is 0.956. The average Bonchev–Trinajstić information content (AvgIpc) is 2.73. The van der Waals surface area contributed by atoms with Gasteiger partial charge in [0.05, 0.1) is 12.2 Å². The lowest BCUT2D eigenvalue weighted by Gasteiger charge is -2.06. The molecule has 0 aliphatic heterocycles. The zero-order valence-electron chi connectivity index (χ0n) is 9.07. The Morgan fingerprint density at radius 3 is 3.06 bits per heavy atom. The summed E-state index contributed by atoms with van der Waals surface area (Å²) < 4.78 is 0. The van der Waals surface area contributed by atoms with E-state index in [0.717, 1.165) is 12.1 Å². The van der Waals surface area contributed by atoms with E-state index in [1.54, 1.807) is 6.20 Å². The van der Waals surface area contributed by atoms with E-state index in [-0.39, 0.29) is 0 Å². The lowest BCUT2D eigenvalue weighted by Crippen LogP contribution is -2.05. The lowest BCUT2D eigenvalue weighted by molar-refractivity contribution is 0.953. The van der Waals surface area contributed by atoms with Crippen molar-refractivity contribution in [2.45, 2.75) is 19.9 Å². The van der Waals surface area contributed by atoms with Crippen LogP contribution in [0, 0.1) is 0 Å². The standard InChI is InChI=1S/C10H14N6/c1-2-7-4-3-5-12-8(7)6-13-10-14-9(11)15-16-10/h3-5H,2,6H2,1H3,(H4,11,13,14,15,16). The number of aromatic nitrogens is 4. The Labute approximate surface area is 93.3 Å². The Balaban J connectivity index is 2.04. The number of pyridine rings is 1. The molecule has 84 valence electrons. The molecule has 0 aliphatic carbocycles. The van der Waals surface area contributed by atoms with Crippen molar-refractivity contribution in [3.63, 3.8) is 0 Å². The summed E-state index contributed by atoms with van der Waals surface area (Å²) in [5.74, 6) is 0.796. The zero-order chi connectivity index (χ0) is 11.4. The first-order valence-electron chi connectivity index (χ1n) is 5.14. The van der Waals surface area contributed by atoms with Gasteiger partial charge in [-0.1, -0.05) is 13.0 Å². The van der Waals surface area contributed by atoms with E-state index in [1.165, 1.54) is 5.56 Å². The molecule has 0 unspecified atom stereocenters. The van der Waals surface area contributed by atoms with Crippen LogP contribution in [0.4, 0.5) is 11.9 Å². The smallest absolute Gasteiger partial charge is 0.243 e. The van der Waals surface area contributed by atoms with Crippen LogP contribution in [0.15, 0.2) is 18.3 Å². The van der Waals surface area contributed by atoms with Crippen molar-refractivity contribution >= 4 is 11.9 Å². The van der Waals surface area contributed by atoms with Crippen molar-refractivity contribution in [2.75, 3.05) is 11.1 Å². The van der Waals surface area contributed by atoms with E-state index in [0.29, 0.717) is 18.4 Å². The number of nitrogens with zero attached hydrogens (tertiary/aromatic N) is 3. The SMILES string of the molecule is CCc1cccnc1CNc1n[nH]c(N)n1. The highest BCUT2D eigenvalue weighted by atomic mass is 15.3. The van der Waals surface area contributed by atoms with Crippen molar-refractivity contribution in [3.05, 3.63) is 29.6 Å². The highest BCUT2D eigenvalue weighted by Crippen LogP contribution is 2.08. The average molecular weight is 218 g/mol. The Kier molecular flexibility index (Phi) is 3.00. The van der Waals surface area contributed by atoms with Gasteiger partial charge in [0, 0.05) is 6.20 Å². The van der Waals surface area contributed by atoms with Gasteiger partial charge < -0.3 is 11.1 Å². The van der Waals surface area contributed by atoms with Crippen LogP contribution in [0.25, 0.3) is 0 Å². The van der Waals surface area contributed by atoms with Gasteiger partial charge in [0.15, 0.2) is 0 Å². The van der Waals surface area contributed by atoms with E-state index in [4.69, 9.17) is 5.73 Å². The molecule has 0 bridgehead atoms. The van der Waals surface area contributed by atoms with Gasteiger partial charge >= 0.3 is 0 Å². The minimum absolute atomic E-state index is 0.305. The monoisotopic (exact) mass is 218 g/mol. The number of hydrogen-bond donors (Lipinski definition) is 3. The molecule has 6 heteroatoms. The maximum Gasteiger partial charge on any atom is 0.243 e. The topological polar surface area (TPSA) is 92.5 Å². The third kappa shape index (κ3) is 2.28. The summed E-state index contributed by atoms with van der Waals surface area (Å²) in [6.07, 6.45) is 2.74. The van der Waals surface area contributed by atoms with Gasteiger partial charge in [0.2, 0.25) is 11.9 Å². The van der Waals surface area contributed by atoms with E-state index in [2.05, 4.69) is 38.5 Å². The molecule has 0 aromatic carbocycles. The second-order valence-electron chi connectivity index (χ2n) is 3.36. The molecule has 6 nitrogen and oxygen atoms in total. The van der Waals surface area contributed by atoms with Crippen molar-refractivity contribution < 1.29 is 0 Å². The fourth-order valence-electron chi connectivity index (χ4n) is 1.47. The first kappa shape index (κ1) is 10.4. The summed E-state index contributed by atoms with van der Waals surface area (Å²) in [7, 11) is 0. The summed E-state index contributed by atoms with van der Waals surface area (Å²) in [4.78, 5) is 8.27. The van der Waals surface area contributed by atoms with Gasteiger partial charge in [-0.3, -0.25) is 4.98 Å². The normalized spacial score (nSPS) is 10.3. The fraction of sp³-hybridized carbons (Fsp3) is 0.300. The highest BCUT2D eigenvalue weighted by molar-refractivity contribution is 5.31. The predicted molar refractivity (Wildman–Crippen MR) is 61.7 cm³/mol. The first-order chi connectivity index (χ1) is 7.79. The Morgan fingerprint density at radius 2 is 2.38 bits per heavy atom. The largest absolute Gasteiger partial charge is 0.368 e. The number of rotatable bonds is 4. The van der Waals surface area contributed by atoms with Gasteiger partial charge in [0.25, 0.3) is 0 Å². The third-order valence-electron chi connectivity index (χ3n) is 2.28. The Morgan fingerprint density at radius 1 is 1.50 bits per heavy atom. The minimum Gasteiger partial charge on any atom is -0.368 e. The molecule has 2 aromatic heterocycles. The summed E-state index contributed by atoms with van der Waals surface area (Å²) in [5.41, 5.74) is 7.65. The zero-order valence-corrected chi connectivity index (χ0v) is 9.07. The molecule has 2 rings (SSSR count). The van der Waals surface area contributed by atoms with Gasteiger partial charge in [-0.15, -0.1) is 5.10 Å². The van der Waals surface area contributed by atoms with Crippen LogP contribution in [0.1, 0.15) is 18.2 Å². The van der Waals surface area contributed by atoms with Gasteiger partial charge in [0.1, 0.15) is 0 Å². The van der Waals surface area contributed by atoms with E-state index >= 15 is 0 Å². The van der Waals surface area contributed by atoms with E-state index in [1.807, 2.05) is 6.07 Å². The summed E-state index contributed by atoms with van der Waals surface area (Å²) >= 11 is 0. The molecular weight excluding hydrogens is 204 g/mol. The van der Waals surface area contributed by atoms with E-state index in [9.17, 15) is 0 Å². The highest BCUT2D eigenvalue weighted by Gasteiger charge is 2.03. The van der Waals surface area contributed by atoms with Crippen LogP contribution in [-0.4, -0.2) is 20.2 Å². The van der Waals surface area contributed by atoms with Crippen molar-refractivity contribution in [1.82, 2.24) is 20.2 Å². The minimum atomic E-state index is 0.305. The number of nitrogens with one attached hydrogen (secondary N) is 2. The Hall–Kier alpha value is -2.11. The number of aromatic amines is 1. The van der Waals surface area contributed by atoms with Crippen LogP contribution in [0.5, 0.6) is 0 Å². The van der Waals surface area contributed by atoms with Crippen LogP contribution in [0.2, 0.25) is 0 Å². The first-order valence-corrected chi connectivity index (χ1v) is 5.14. The number of aryl methyl sites for hydroxylation is 1. The molecule has 0 spiro atoms. The molecule has 0 saturated carbocycles. The molecule has 2 aromatic rings. The van der Waals surface area contributed by atoms with Gasteiger partial charge in [-0.05, 0) is 18.1 Å². The number of nitrogens with two attached hydrogens (primary N) is 1. The number of hydrogen-bond acceptors (Lipinski definition) is 5. The maximum atomic E-state index is 5.42. The molecule has 4 N–H and O–H groups in total. The molecule has 16 heavy (non-hydrogen) atoms. The van der Waals surface area contributed by atoms with Crippen LogP contribution in [0.3, 0.4) is 0 Å². The molecule has 0 atom stereocenters. The van der Waals surface area contributed by atoms with Gasteiger partial charge in [-0.25, -0.2) is 5.10 Å². The van der Waals surface area contributed by atoms with Crippen molar-refractivity contribution in [3.8, 4) is 0 Å². The van der Waals surface area contributed by atoms with Crippen LogP contribution in [-0.2, 0) is 13.0 Å². The quantitative estimate of drug-likeness (QED) is 0.710. The van der Waals surface area contributed by atoms with Crippen molar-refractivity contribution in [1.29, 1.82) is 0 Å². The third-order valence-corrected chi connectivity index (χ3v) is 2.28. The lowest BCUT2D eigenvalue weighted by atomic mass is 10.1. The second-order valence-corrected chi connectivity index (χ2v) is 3.36. The molecular formula is C10H14N6. The Bertz CT molecular complexity index is 464. The molecule has 0 radical (unpaired) electrons. The molecule has 0 aliphatic rings. The molecule has 0 amide bonds. The molecule has 0 fully saturated rings. The summed E-state index contributed by atoms with van der Waals surface area (Å²) in [6, 6.07) is 4.00. The summed E-state index contributed by atoms with van der Waals surface area (Å²) in [5, 5.41) is 9.51. The number of H-pyrrole nitrogens is 1. The number of anilines is 2. The molecule has 2 heterocycles. The van der Waals surface area contributed by atoms with Crippen LogP contribution < -0.4 is 11.1 Å². The van der Waals surface area contributed by atoms with Gasteiger partial charge in [-0.2, -0.15) is 4.98 Å². The van der Waals surface area contributed by atoms with E-state index < -0.39 is 0 Å². The second kappa shape index (κ2) is 4.61. The molecule has 0 saturated heterocycles. The van der Waals surface area contributed by atoms with Crippen LogP contribution >= 0.6 is 0 Å². The summed E-state index contributed by atoms with van der Waals surface area (Å²) in [6.45, 7) is 2.70. The fourth-order valence-corrected chi connectivity index (χ4v) is 1.47. The number of nitrogen functional groups attached to an aromatic ring is 1. The van der Waals surface area contributed by atoms with Crippen molar-refractivity contribution in [2.24, 2.45) is 0 Å². The maximum absolute atomic E-state index is 5.42.